The highest BCUT2D eigenvalue weighted by atomic mass is 19.1. The Balaban J connectivity index is 1.78. The van der Waals surface area contributed by atoms with E-state index in [0.29, 0.717) is 11.4 Å². The Labute approximate surface area is 120 Å². The first-order valence-corrected chi connectivity index (χ1v) is 6.24. The van der Waals surface area contributed by atoms with Crippen molar-refractivity contribution in [2.75, 3.05) is 5.32 Å². The van der Waals surface area contributed by atoms with E-state index in [1.807, 2.05) is 0 Å². The van der Waals surface area contributed by atoms with Crippen LogP contribution in [0.2, 0.25) is 0 Å². The van der Waals surface area contributed by atoms with Gasteiger partial charge in [-0.15, -0.1) is 0 Å². The van der Waals surface area contributed by atoms with Crippen molar-refractivity contribution < 1.29 is 9.18 Å². The molecular weight excluding hydrogens is 271 g/mol. The molecule has 0 aliphatic rings. The predicted octanol–water partition coefficient (Wildman–Crippen LogP) is 2.66. The van der Waals surface area contributed by atoms with Crippen molar-refractivity contribution in [3.63, 3.8) is 0 Å². The van der Waals surface area contributed by atoms with Crippen molar-refractivity contribution in [2.24, 2.45) is 0 Å². The lowest BCUT2D eigenvalue weighted by Crippen LogP contribution is -2.13. The van der Waals surface area contributed by atoms with Gasteiger partial charge in [-0.05, 0) is 24.3 Å². The lowest BCUT2D eigenvalue weighted by atomic mass is 10.2. The number of carbonyl (C=O) groups excluding carboxylic acids is 1. The average molecular weight is 282 g/mol. The Morgan fingerprint density at radius 2 is 2.05 bits per heavy atom. The largest absolute Gasteiger partial charge is 0.319 e. The highest BCUT2D eigenvalue weighted by molar-refractivity contribution is 6.04. The molecule has 0 aliphatic heterocycles. The molecule has 1 N–H and O–H groups in total. The molecule has 0 atom stereocenters. The van der Waals surface area contributed by atoms with Crippen LogP contribution in [0.3, 0.4) is 0 Å². The Kier molecular flexibility index (Phi) is 3.42. The molecule has 0 bridgehead atoms. The van der Waals surface area contributed by atoms with Crippen molar-refractivity contribution in [1.82, 2.24) is 14.5 Å². The van der Waals surface area contributed by atoms with E-state index in [1.54, 1.807) is 47.6 Å². The van der Waals surface area contributed by atoms with E-state index < -0.39 is 11.7 Å². The van der Waals surface area contributed by atoms with Gasteiger partial charge in [0.25, 0.3) is 5.91 Å². The Morgan fingerprint density at radius 1 is 1.19 bits per heavy atom. The van der Waals surface area contributed by atoms with E-state index in [-0.39, 0.29) is 5.69 Å². The SMILES string of the molecule is O=C(Nc1ccccc1F)c1ccc(-n2ccnc2)nc1. The van der Waals surface area contributed by atoms with E-state index >= 15 is 0 Å². The van der Waals surface area contributed by atoms with Crippen LogP contribution in [0.5, 0.6) is 0 Å². The van der Waals surface area contributed by atoms with E-state index in [4.69, 9.17) is 0 Å². The molecule has 0 fully saturated rings. The standard InChI is InChI=1S/C15H11FN4O/c16-12-3-1-2-4-13(12)19-15(21)11-5-6-14(18-9-11)20-8-7-17-10-20/h1-10H,(H,19,21). The molecule has 0 unspecified atom stereocenters. The maximum Gasteiger partial charge on any atom is 0.257 e. The second-order valence-corrected chi connectivity index (χ2v) is 4.31. The van der Waals surface area contributed by atoms with Gasteiger partial charge >= 0.3 is 0 Å². The molecule has 0 saturated heterocycles. The molecular formula is C15H11FN4O. The summed E-state index contributed by atoms with van der Waals surface area (Å²) in [5, 5.41) is 2.51. The topological polar surface area (TPSA) is 59.8 Å². The summed E-state index contributed by atoms with van der Waals surface area (Å²) >= 11 is 0. The number of imidazole rings is 1. The van der Waals surface area contributed by atoms with Gasteiger partial charge in [0.2, 0.25) is 0 Å². The summed E-state index contributed by atoms with van der Waals surface area (Å²) in [5.41, 5.74) is 0.489. The fourth-order valence-corrected chi connectivity index (χ4v) is 1.82. The van der Waals surface area contributed by atoms with Gasteiger partial charge in [-0.1, -0.05) is 12.1 Å². The van der Waals surface area contributed by atoms with Crippen LogP contribution in [0.25, 0.3) is 5.82 Å². The van der Waals surface area contributed by atoms with Gasteiger partial charge in [0.15, 0.2) is 0 Å². The first-order chi connectivity index (χ1) is 10.2. The third-order valence-electron chi connectivity index (χ3n) is 2.90. The molecule has 104 valence electrons. The van der Waals surface area contributed by atoms with Crippen molar-refractivity contribution in [3.05, 3.63) is 72.7 Å². The summed E-state index contributed by atoms with van der Waals surface area (Å²) in [6.45, 7) is 0. The number of amides is 1. The molecule has 3 aromatic rings. The summed E-state index contributed by atoms with van der Waals surface area (Å²) in [7, 11) is 0. The maximum absolute atomic E-state index is 13.5. The number of para-hydroxylation sites is 1. The average Bonchev–Trinajstić information content (AvgIpc) is 3.04. The van der Waals surface area contributed by atoms with Gasteiger partial charge in [-0.2, -0.15) is 0 Å². The fraction of sp³-hybridized carbons (Fsp3) is 0. The van der Waals surface area contributed by atoms with E-state index in [9.17, 15) is 9.18 Å². The number of benzene rings is 1. The molecule has 0 aliphatic carbocycles. The zero-order valence-electron chi connectivity index (χ0n) is 10.9. The Morgan fingerprint density at radius 3 is 2.71 bits per heavy atom. The number of anilines is 1. The van der Waals surface area contributed by atoms with Crippen molar-refractivity contribution in [2.45, 2.75) is 0 Å². The number of rotatable bonds is 3. The molecule has 3 rings (SSSR count). The zero-order chi connectivity index (χ0) is 14.7. The molecule has 5 nitrogen and oxygen atoms in total. The van der Waals surface area contributed by atoms with Crippen molar-refractivity contribution in [1.29, 1.82) is 0 Å². The predicted molar refractivity (Wildman–Crippen MR) is 75.7 cm³/mol. The van der Waals surface area contributed by atoms with Gasteiger partial charge in [-0.3, -0.25) is 9.36 Å². The summed E-state index contributed by atoms with van der Waals surface area (Å²) in [5.74, 6) is -0.242. The number of hydrogen-bond donors (Lipinski definition) is 1. The Hall–Kier alpha value is -3.02. The van der Waals surface area contributed by atoms with Gasteiger partial charge in [-0.25, -0.2) is 14.4 Å². The first-order valence-electron chi connectivity index (χ1n) is 6.24. The number of halogens is 1. The Bertz CT molecular complexity index is 754. The van der Waals surface area contributed by atoms with E-state index in [2.05, 4.69) is 15.3 Å². The number of nitrogens with zero attached hydrogens (tertiary/aromatic N) is 3. The highest BCUT2D eigenvalue weighted by Gasteiger charge is 2.09. The van der Waals surface area contributed by atoms with Crippen LogP contribution >= 0.6 is 0 Å². The van der Waals surface area contributed by atoms with Crippen LogP contribution in [0.1, 0.15) is 10.4 Å². The van der Waals surface area contributed by atoms with Crippen LogP contribution in [0, 0.1) is 5.82 Å². The third kappa shape index (κ3) is 2.79. The number of carbonyl (C=O) groups is 1. The number of aromatic nitrogens is 3. The lowest BCUT2D eigenvalue weighted by Gasteiger charge is -2.06. The molecule has 21 heavy (non-hydrogen) atoms. The van der Waals surface area contributed by atoms with E-state index in [0.717, 1.165) is 0 Å². The quantitative estimate of drug-likeness (QED) is 0.803. The second-order valence-electron chi connectivity index (χ2n) is 4.31. The normalized spacial score (nSPS) is 10.3. The number of nitrogens with one attached hydrogen (secondary N) is 1. The first kappa shape index (κ1) is 13.0. The molecule has 2 aromatic heterocycles. The summed E-state index contributed by atoms with van der Waals surface area (Å²) < 4.78 is 15.2. The maximum atomic E-state index is 13.5. The summed E-state index contributed by atoms with van der Waals surface area (Å²) in [4.78, 5) is 20.1. The number of pyridine rings is 1. The number of hydrogen-bond acceptors (Lipinski definition) is 3. The fourth-order valence-electron chi connectivity index (χ4n) is 1.82. The monoisotopic (exact) mass is 282 g/mol. The van der Waals surface area contributed by atoms with Gasteiger partial charge in [0.05, 0.1) is 11.3 Å². The minimum absolute atomic E-state index is 0.140. The minimum atomic E-state index is -0.478. The lowest BCUT2D eigenvalue weighted by molar-refractivity contribution is 0.102. The van der Waals surface area contributed by atoms with Gasteiger partial charge in [0, 0.05) is 18.6 Å². The molecule has 2 heterocycles. The minimum Gasteiger partial charge on any atom is -0.319 e. The van der Waals surface area contributed by atoms with Crippen LogP contribution in [0.15, 0.2) is 61.3 Å². The van der Waals surface area contributed by atoms with Crippen LogP contribution in [0.4, 0.5) is 10.1 Å². The zero-order valence-corrected chi connectivity index (χ0v) is 10.9. The highest BCUT2D eigenvalue weighted by Crippen LogP contribution is 2.14. The second kappa shape index (κ2) is 5.54. The molecule has 0 radical (unpaired) electrons. The van der Waals surface area contributed by atoms with Crippen LogP contribution in [-0.2, 0) is 0 Å². The third-order valence-corrected chi connectivity index (χ3v) is 2.90. The molecule has 1 amide bonds. The summed E-state index contributed by atoms with van der Waals surface area (Å²) in [6, 6.07) is 9.32. The van der Waals surface area contributed by atoms with Gasteiger partial charge < -0.3 is 5.32 Å². The van der Waals surface area contributed by atoms with Crippen molar-refractivity contribution in [3.8, 4) is 5.82 Å². The smallest absolute Gasteiger partial charge is 0.257 e. The molecule has 0 saturated carbocycles. The van der Waals surface area contributed by atoms with Crippen LogP contribution in [-0.4, -0.2) is 20.4 Å². The van der Waals surface area contributed by atoms with Gasteiger partial charge in [0.1, 0.15) is 18.0 Å². The summed E-state index contributed by atoms with van der Waals surface area (Å²) in [6.07, 6.45) is 6.44. The van der Waals surface area contributed by atoms with E-state index in [1.165, 1.54) is 18.3 Å². The van der Waals surface area contributed by atoms with Crippen LogP contribution < -0.4 is 5.32 Å². The van der Waals surface area contributed by atoms with Crippen molar-refractivity contribution >= 4 is 11.6 Å². The molecule has 1 aromatic carbocycles. The molecule has 0 spiro atoms. The molecule has 6 heteroatoms.